The zero-order valence-electron chi connectivity index (χ0n) is 9.32. The molecule has 1 heterocycles. The van der Waals surface area contributed by atoms with Crippen molar-refractivity contribution >= 4 is 21.9 Å². The molecule has 0 amide bonds. The Balaban J connectivity index is 1.91. The van der Waals surface area contributed by atoms with Gasteiger partial charge >= 0.3 is 0 Å². The number of nitrogens with one attached hydrogen (secondary N) is 1. The average molecular weight is 286 g/mol. The fraction of sp³-hybridized carbons (Fsp3) is 0.636. The van der Waals surface area contributed by atoms with Gasteiger partial charge in [-0.2, -0.15) is 0 Å². The van der Waals surface area contributed by atoms with Crippen LogP contribution in [-0.4, -0.2) is 29.2 Å². The average Bonchev–Trinajstić information content (AvgIpc) is 2.32. The molecular formula is C11H16BrN3O. The van der Waals surface area contributed by atoms with Gasteiger partial charge < -0.3 is 10.1 Å². The van der Waals surface area contributed by atoms with E-state index in [4.69, 9.17) is 4.74 Å². The number of hydrogen-bond acceptors (Lipinski definition) is 4. The lowest BCUT2D eigenvalue weighted by Crippen LogP contribution is -2.31. The molecule has 1 aromatic heterocycles. The molecule has 1 saturated carbocycles. The zero-order valence-corrected chi connectivity index (χ0v) is 10.9. The first kappa shape index (κ1) is 11.8. The standard InChI is InChI=1S/C11H16BrN3O/c1-16-10-4-2-3-9(5-10)15-11-13-6-8(12)7-14-11/h6-7,9-10H,2-5H2,1H3,(H,13,14,15). The summed E-state index contributed by atoms with van der Waals surface area (Å²) in [6.45, 7) is 0. The topological polar surface area (TPSA) is 47.0 Å². The first-order valence-electron chi connectivity index (χ1n) is 5.55. The molecule has 0 saturated heterocycles. The number of methoxy groups -OCH3 is 1. The number of aromatic nitrogens is 2. The summed E-state index contributed by atoms with van der Waals surface area (Å²) < 4.78 is 6.29. The van der Waals surface area contributed by atoms with Crippen molar-refractivity contribution in [3.63, 3.8) is 0 Å². The molecule has 4 nitrogen and oxygen atoms in total. The third-order valence-corrected chi connectivity index (χ3v) is 3.32. The van der Waals surface area contributed by atoms with Crippen LogP contribution in [0, 0.1) is 0 Å². The summed E-state index contributed by atoms with van der Waals surface area (Å²) in [7, 11) is 1.78. The van der Waals surface area contributed by atoms with Gasteiger partial charge in [-0.1, -0.05) is 0 Å². The molecule has 5 heteroatoms. The van der Waals surface area contributed by atoms with Gasteiger partial charge in [0, 0.05) is 25.5 Å². The number of halogens is 1. The third-order valence-electron chi connectivity index (χ3n) is 2.91. The molecule has 88 valence electrons. The van der Waals surface area contributed by atoms with Crippen LogP contribution in [-0.2, 0) is 4.74 Å². The van der Waals surface area contributed by atoms with Gasteiger partial charge in [0.2, 0.25) is 5.95 Å². The van der Waals surface area contributed by atoms with Crippen LogP contribution in [0.5, 0.6) is 0 Å². The van der Waals surface area contributed by atoms with Crippen molar-refractivity contribution in [2.45, 2.75) is 37.8 Å². The maximum atomic E-state index is 5.39. The molecule has 2 atom stereocenters. The van der Waals surface area contributed by atoms with E-state index >= 15 is 0 Å². The number of ether oxygens (including phenoxy) is 1. The molecule has 0 bridgehead atoms. The molecule has 1 fully saturated rings. The molecule has 2 unspecified atom stereocenters. The van der Waals surface area contributed by atoms with Crippen LogP contribution in [0.3, 0.4) is 0 Å². The molecular weight excluding hydrogens is 270 g/mol. The highest BCUT2D eigenvalue weighted by Crippen LogP contribution is 2.22. The quantitative estimate of drug-likeness (QED) is 0.927. The van der Waals surface area contributed by atoms with E-state index in [0.29, 0.717) is 18.1 Å². The van der Waals surface area contributed by atoms with Crippen molar-refractivity contribution in [1.29, 1.82) is 0 Å². The van der Waals surface area contributed by atoms with Gasteiger partial charge in [0.1, 0.15) is 0 Å². The number of hydrogen-bond donors (Lipinski definition) is 1. The van der Waals surface area contributed by atoms with E-state index in [0.717, 1.165) is 17.3 Å². The Kier molecular flexibility index (Phi) is 4.12. The van der Waals surface area contributed by atoms with E-state index in [1.54, 1.807) is 19.5 Å². The summed E-state index contributed by atoms with van der Waals surface area (Å²) in [5.41, 5.74) is 0. The highest BCUT2D eigenvalue weighted by atomic mass is 79.9. The normalized spacial score (nSPS) is 25.4. The highest BCUT2D eigenvalue weighted by Gasteiger charge is 2.21. The minimum absolute atomic E-state index is 0.377. The van der Waals surface area contributed by atoms with Crippen LogP contribution in [0.1, 0.15) is 25.7 Å². The predicted octanol–water partition coefficient (Wildman–Crippen LogP) is 2.61. The fourth-order valence-corrected chi connectivity index (χ4v) is 2.26. The first-order chi connectivity index (χ1) is 7.78. The van der Waals surface area contributed by atoms with Crippen LogP contribution in [0.4, 0.5) is 5.95 Å². The van der Waals surface area contributed by atoms with Gasteiger partial charge in [-0.05, 0) is 41.6 Å². The Labute approximate surface area is 104 Å². The fourth-order valence-electron chi connectivity index (χ4n) is 2.06. The molecule has 2 rings (SSSR count). The summed E-state index contributed by atoms with van der Waals surface area (Å²) in [5.74, 6) is 0.699. The van der Waals surface area contributed by atoms with Crippen molar-refractivity contribution in [3.8, 4) is 0 Å². The SMILES string of the molecule is COC1CCCC(Nc2ncc(Br)cn2)C1. The van der Waals surface area contributed by atoms with Crippen molar-refractivity contribution in [1.82, 2.24) is 9.97 Å². The smallest absolute Gasteiger partial charge is 0.222 e. The zero-order chi connectivity index (χ0) is 11.4. The van der Waals surface area contributed by atoms with Gasteiger partial charge in [-0.15, -0.1) is 0 Å². The van der Waals surface area contributed by atoms with Crippen LogP contribution in [0.15, 0.2) is 16.9 Å². The summed E-state index contributed by atoms with van der Waals surface area (Å²) in [6.07, 6.45) is 8.46. The lowest BCUT2D eigenvalue weighted by molar-refractivity contribution is 0.0668. The molecule has 1 N–H and O–H groups in total. The predicted molar refractivity (Wildman–Crippen MR) is 66.4 cm³/mol. The van der Waals surface area contributed by atoms with Crippen LogP contribution >= 0.6 is 15.9 Å². The molecule has 1 aliphatic carbocycles. The van der Waals surface area contributed by atoms with Crippen LogP contribution in [0.2, 0.25) is 0 Å². The lowest BCUT2D eigenvalue weighted by atomic mass is 9.93. The van der Waals surface area contributed by atoms with Gasteiger partial charge in [-0.3, -0.25) is 0 Å². The third kappa shape index (κ3) is 3.15. The summed E-state index contributed by atoms with van der Waals surface area (Å²) in [5, 5.41) is 3.35. The van der Waals surface area contributed by atoms with Gasteiger partial charge in [0.15, 0.2) is 0 Å². The van der Waals surface area contributed by atoms with E-state index in [1.165, 1.54) is 12.8 Å². The van der Waals surface area contributed by atoms with Crippen molar-refractivity contribution in [2.75, 3.05) is 12.4 Å². The largest absolute Gasteiger partial charge is 0.381 e. The molecule has 0 radical (unpaired) electrons. The first-order valence-corrected chi connectivity index (χ1v) is 6.34. The number of nitrogens with zero attached hydrogens (tertiary/aromatic N) is 2. The summed E-state index contributed by atoms with van der Waals surface area (Å²) in [4.78, 5) is 8.43. The molecule has 0 aliphatic heterocycles. The van der Waals surface area contributed by atoms with Gasteiger partial charge in [0.25, 0.3) is 0 Å². The van der Waals surface area contributed by atoms with Gasteiger partial charge in [0.05, 0.1) is 10.6 Å². The minimum Gasteiger partial charge on any atom is -0.381 e. The molecule has 0 aromatic carbocycles. The van der Waals surface area contributed by atoms with E-state index in [1.807, 2.05) is 0 Å². The Morgan fingerprint density at radius 3 is 2.81 bits per heavy atom. The Morgan fingerprint density at radius 2 is 2.12 bits per heavy atom. The Bertz CT molecular complexity index is 331. The molecule has 16 heavy (non-hydrogen) atoms. The molecule has 1 aromatic rings. The monoisotopic (exact) mass is 285 g/mol. The highest BCUT2D eigenvalue weighted by molar-refractivity contribution is 9.10. The number of anilines is 1. The lowest BCUT2D eigenvalue weighted by Gasteiger charge is -2.28. The maximum absolute atomic E-state index is 5.39. The van der Waals surface area contributed by atoms with E-state index in [-0.39, 0.29) is 0 Å². The second-order valence-electron chi connectivity index (χ2n) is 4.09. The van der Waals surface area contributed by atoms with E-state index in [2.05, 4.69) is 31.2 Å². The molecule has 1 aliphatic rings. The molecule has 0 spiro atoms. The maximum Gasteiger partial charge on any atom is 0.222 e. The van der Waals surface area contributed by atoms with Gasteiger partial charge in [-0.25, -0.2) is 9.97 Å². The van der Waals surface area contributed by atoms with Crippen molar-refractivity contribution < 1.29 is 4.74 Å². The Morgan fingerprint density at radius 1 is 1.38 bits per heavy atom. The second kappa shape index (κ2) is 5.59. The second-order valence-corrected chi connectivity index (χ2v) is 5.01. The summed E-state index contributed by atoms with van der Waals surface area (Å²) in [6, 6.07) is 0.430. The van der Waals surface area contributed by atoms with E-state index < -0.39 is 0 Å². The van der Waals surface area contributed by atoms with Crippen LogP contribution < -0.4 is 5.32 Å². The minimum atomic E-state index is 0.377. The van der Waals surface area contributed by atoms with Crippen molar-refractivity contribution in [3.05, 3.63) is 16.9 Å². The van der Waals surface area contributed by atoms with E-state index in [9.17, 15) is 0 Å². The summed E-state index contributed by atoms with van der Waals surface area (Å²) >= 11 is 3.32. The Hall–Kier alpha value is -0.680. The number of rotatable bonds is 3. The van der Waals surface area contributed by atoms with Crippen molar-refractivity contribution in [2.24, 2.45) is 0 Å². The van der Waals surface area contributed by atoms with Crippen LogP contribution in [0.25, 0.3) is 0 Å².